The lowest BCUT2D eigenvalue weighted by molar-refractivity contribution is -0.117. The summed E-state index contributed by atoms with van der Waals surface area (Å²) in [4.78, 5) is 11.8. The predicted octanol–water partition coefficient (Wildman–Crippen LogP) is 2.49. The quantitative estimate of drug-likeness (QED) is 0.551. The predicted molar refractivity (Wildman–Crippen MR) is 65.4 cm³/mol. The third kappa shape index (κ3) is 2.88. The lowest BCUT2D eigenvalue weighted by Crippen LogP contribution is -2.47. The fourth-order valence-electron chi connectivity index (χ4n) is 1.36. The molecule has 0 aromatic heterocycles. The Morgan fingerprint density at radius 3 is 1.86 bits per heavy atom. The maximum Gasteiger partial charge on any atom is 0.175 e. The first-order valence-corrected chi connectivity index (χ1v) is 10.0. The molecule has 0 N–H and O–H groups in total. The maximum atomic E-state index is 12.1. The van der Waals surface area contributed by atoms with Crippen LogP contribution >= 0.6 is 0 Å². The molecule has 0 bridgehead atoms. The molecule has 0 saturated carbocycles. The van der Waals surface area contributed by atoms with E-state index in [4.69, 9.17) is 0 Å². The van der Waals surface area contributed by atoms with Gasteiger partial charge in [0.1, 0.15) is 0 Å². The molecule has 4 heteroatoms. The zero-order valence-corrected chi connectivity index (χ0v) is 11.7. The van der Waals surface area contributed by atoms with Crippen molar-refractivity contribution in [3.05, 3.63) is 12.2 Å². The van der Waals surface area contributed by atoms with E-state index in [1.54, 1.807) is 20.8 Å². The number of Topliss-reactive ketones (excluding diaryl/α,β-unsaturated/α-hetero) is 1. The molecule has 0 heterocycles. The van der Waals surface area contributed by atoms with Gasteiger partial charge in [-0.25, -0.2) is 0 Å². The number of carbonyl (C=O) groups is 1. The molecule has 1 atom stereocenters. The van der Waals surface area contributed by atoms with Gasteiger partial charge in [0.25, 0.3) is 0 Å². The van der Waals surface area contributed by atoms with Crippen molar-refractivity contribution in [1.29, 1.82) is 0 Å². The standard InChI is InChI=1S/C10H20O2SSi/c1-8(2)9(11)10(3,4)13(12)14(5,6)7/h1H2,2-7H3. The van der Waals surface area contributed by atoms with E-state index in [2.05, 4.69) is 6.58 Å². The number of hydrogen-bond donors (Lipinski definition) is 0. The molecule has 0 radical (unpaired) electrons. The summed E-state index contributed by atoms with van der Waals surface area (Å²) >= 11 is 0. The highest BCUT2D eigenvalue weighted by atomic mass is 32.4. The van der Waals surface area contributed by atoms with E-state index in [1.165, 1.54) is 0 Å². The van der Waals surface area contributed by atoms with Gasteiger partial charge < -0.3 is 0 Å². The van der Waals surface area contributed by atoms with Crippen LogP contribution in [0.15, 0.2) is 12.2 Å². The summed E-state index contributed by atoms with van der Waals surface area (Å²) in [6.07, 6.45) is 0. The van der Waals surface area contributed by atoms with Gasteiger partial charge in [-0.2, -0.15) is 0 Å². The van der Waals surface area contributed by atoms with E-state index in [-0.39, 0.29) is 5.78 Å². The van der Waals surface area contributed by atoms with Gasteiger partial charge in [-0.15, -0.1) is 0 Å². The third-order valence-electron chi connectivity index (χ3n) is 1.95. The van der Waals surface area contributed by atoms with Crippen molar-refractivity contribution in [3.63, 3.8) is 0 Å². The molecule has 0 aromatic rings. The highest BCUT2D eigenvalue weighted by Crippen LogP contribution is 2.25. The first kappa shape index (κ1) is 13.8. The van der Waals surface area contributed by atoms with Crippen LogP contribution < -0.4 is 0 Å². The molecular formula is C10H20O2SSi. The summed E-state index contributed by atoms with van der Waals surface area (Å²) in [5.41, 5.74) is 0.488. The van der Waals surface area contributed by atoms with E-state index >= 15 is 0 Å². The van der Waals surface area contributed by atoms with Gasteiger partial charge in [0.15, 0.2) is 13.0 Å². The lowest BCUT2D eigenvalue weighted by atomic mass is 10.0. The summed E-state index contributed by atoms with van der Waals surface area (Å²) in [5.74, 6) is -0.0849. The van der Waals surface area contributed by atoms with Crippen molar-refractivity contribution >= 4 is 23.3 Å². The SMILES string of the molecule is C=C(C)C(=O)C(C)(C)S(=O)[Si](C)(C)C. The van der Waals surface area contributed by atoms with Crippen molar-refractivity contribution in [2.75, 3.05) is 0 Å². The van der Waals surface area contributed by atoms with Gasteiger partial charge >= 0.3 is 0 Å². The second-order valence-electron chi connectivity index (χ2n) is 5.00. The third-order valence-corrected chi connectivity index (χ3v) is 9.05. The Morgan fingerprint density at radius 2 is 1.64 bits per heavy atom. The molecule has 0 saturated heterocycles. The van der Waals surface area contributed by atoms with E-state index < -0.39 is 22.2 Å². The lowest BCUT2D eigenvalue weighted by Gasteiger charge is -2.29. The van der Waals surface area contributed by atoms with Crippen LogP contribution in [0.1, 0.15) is 20.8 Å². The Bertz CT molecular complexity index is 287. The van der Waals surface area contributed by atoms with Gasteiger partial charge in [-0.3, -0.25) is 9.00 Å². The molecule has 0 fully saturated rings. The summed E-state index contributed by atoms with van der Waals surface area (Å²) < 4.78 is 11.4. The fourth-order valence-corrected chi connectivity index (χ4v) is 8.11. The van der Waals surface area contributed by atoms with Gasteiger partial charge in [0.2, 0.25) is 0 Å². The van der Waals surface area contributed by atoms with Crippen LogP contribution in [0.4, 0.5) is 0 Å². The Morgan fingerprint density at radius 1 is 1.29 bits per heavy atom. The van der Waals surface area contributed by atoms with Gasteiger partial charge in [0.05, 0.1) is 4.75 Å². The van der Waals surface area contributed by atoms with Crippen molar-refractivity contribution in [1.82, 2.24) is 0 Å². The fraction of sp³-hybridized carbons (Fsp3) is 0.700. The molecule has 0 aromatic carbocycles. The summed E-state index contributed by atoms with van der Waals surface area (Å²) in [7, 11) is -2.86. The first-order chi connectivity index (χ1) is 6.01. The van der Waals surface area contributed by atoms with Crippen molar-refractivity contribution in [2.45, 2.75) is 45.2 Å². The monoisotopic (exact) mass is 232 g/mol. The van der Waals surface area contributed by atoms with Gasteiger partial charge in [-0.1, -0.05) is 26.2 Å². The van der Waals surface area contributed by atoms with Crippen molar-refractivity contribution < 1.29 is 9.00 Å². The second-order valence-corrected chi connectivity index (χ2v) is 15.6. The van der Waals surface area contributed by atoms with Gasteiger partial charge in [0, 0.05) is 10.2 Å². The summed E-state index contributed by atoms with van der Waals surface area (Å²) in [6.45, 7) is 14.8. The largest absolute Gasteiger partial charge is 0.293 e. The molecule has 82 valence electrons. The minimum absolute atomic E-state index is 0.0849. The van der Waals surface area contributed by atoms with Crippen LogP contribution in [0.5, 0.6) is 0 Å². The summed E-state index contributed by atoms with van der Waals surface area (Å²) in [5, 5.41) is 0. The normalized spacial score (nSPS) is 15.0. The maximum absolute atomic E-state index is 12.1. The summed E-state index contributed by atoms with van der Waals surface area (Å²) in [6, 6.07) is 0. The number of allylic oxidation sites excluding steroid dienone is 1. The van der Waals surface area contributed by atoms with Crippen molar-refractivity contribution in [3.8, 4) is 0 Å². The van der Waals surface area contributed by atoms with Crippen LogP contribution in [0.2, 0.25) is 19.6 Å². The minimum atomic E-state index is -1.79. The molecule has 0 rings (SSSR count). The average Bonchev–Trinajstić information content (AvgIpc) is 1.99. The topological polar surface area (TPSA) is 34.1 Å². The van der Waals surface area contributed by atoms with E-state index in [0.29, 0.717) is 5.57 Å². The van der Waals surface area contributed by atoms with E-state index in [0.717, 1.165) is 0 Å². The van der Waals surface area contributed by atoms with Crippen LogP contribution in [0.3, 0.4) is 0 Å². The Hall–Kier alpha value is -0.223. The Kier molecular flexibility index (Phi) is 4.04. The smallest absolute Gasteiger partial charge is 0.175 e. The zero-order valence-electron chi connectivity index (χ0n) is 9.93. The highest BCUT2D eigenvalue weighted by Gasteiger charge is 2.41. The number of hydrogen-bond acceptors (Lipinski definition) is 2. The van der Waals surface area contributed by atoms with Crippen LogP contribution in [0, 0.1) is 0 Å². The van der Waals surface area contributed by atoms with Crippen LogP contribution in [0.25, 0.3) is 0 Å². The number of ketones is 1. The average molecular weight is 232 g/mol. The number of carbonyl (C=O) groups excluding carboxylic acids is 1. The molecule has 0 spiro atoms. The molecular weight excluding hydrogens is 212 g/mol. The first-order valence-electron chi connectivity index (χ1n) is 4.63. The Labute approximate surface area is 89.9 Å². The molecule has 1 unspecified atom stereocenters. The number of rotatable bonds is 4. The molecule has 0 aliphatic carbocycles. The highest BCUT2D eigenvalue weighted by molar-refractivity contribution is 8.18. The van der Waals surface area contributed by atoms with Crippen LogP contribution in [-0.4, -0.2) is 22.0 Å². The van der Waals surface area contributed by atoms with E-state index in [9.17, 15) is 9.00 Å². The second kappa shape index (κ2) is 4.11. The Balaban J connectivity index is 5.08. The van der Waals surface area contributed by atoms with Gasteiger partial charge in [-0.05, 0) is 26.3 Å². The molecule has 0 aliphatic rings. The molecule has 0 aliphatic heterocycles. The van der Waals surface area contributed by atoms with Crippen molar-refractivity contribution in [2.24, 2.45) is 0 Å². The van der Waals surface area contributed by atoms with E-state index in [1.807, 2.05) is 19.6 Å². The molecule has 0 amide bonds. The minimum Gasteiger partial charge on any atom is -0.293 e. The molecule has 2 nitrogen and oxygen atoms in total. The van der Waals surface area contributed by atoms with Crippen LogP contribution in [-0.2, 0) is 15.0 Å². The zero-order chi connectivity index (χ0) is 11.7. The molecule has 14 heavy (non-hydrogen) atoms.